The molecule has 0 heterocycles. The van der Waals surface area contributed by atoms with E-state index in [4.69, 9.17) is 14.2 Å². The van der Waals surface area contributed by atoms with Crippen LogP contribution in [-0.4, -0.2) is 38.9 Å². The third kappa shape index (κ3) is 5.18. The molecule has 1 aromatic rings. The van der Waals surface area contributed by atoms with Crippen molar-refractivity contribution in [3.05, 3.63) is 24.3 Å². The zero-order valence-corrected chi connectivity index (χ0v) is 11.6. The lowest BCUT2D eigenvalue weighted by atomic mass is 10.3. The zero-order valence-electron chi connectivity index (χ0n) is 11.6. The highest BCUT2D eigenvalue weighted by Crippen LogP contribution is 2.17. The number of carbonyl (C=O) groups is 1. The van der Waals surface area contributed by atoms with Gasteiger partial charge < -0.3 is 19.5 Å². The molecule has 0 aliphatic heterocycles. The Hall–Kier alpha value is -1.75. The van der Waals surface area contributed by atoms with E-state index in [9.17, 15) is 4.79 Å². The number of hydrogen-bond donors (Lipinski definition) is 1. The lowest BCUT2D eigenvalue weighted by molar-refractivity contribution is -0.146. The summed E-state index contributed by atoms with van der Waals surface area (Å²) in [4.78, 5) is 11.7. The summed E-state index contributed by atoms with van der Waals surface area (Å²) in [5, 5.41) is 3.04. The van der Waals surface area contributed by atoms with E-state index >= 15 is 0 Å². The van der Waals surface area contributed by atoms with Crippen molar-refractivity contribution in [2.24, 2.45) is 0 Å². The van der Waals surface area contributed by atoms with Crippen LogP contribution in [0.1, 0.15) is 13.8 Å². The Labute approximate surface area is 113 Å². The van der Waals surface area contributed by atoms with E-state index in [-0.39, 0.29) is 12.6 Å². The Morgan fingerprint density at radius 3 is 2.37 bits per heavy atom. The van der Waals surface area contributed by atoms with Crippen LogP contribution in [0.3, 0.4) is 0 Å². The molecule has 0 bridgehead atoms. The number of carbonyl (C=O) groups excluding carboxylic acids is 1. The fraction of sp³-hybridized carbons (Fsp3) is 0.500. The minimum absolute atomic E-state index is 0.235. The first kappa shape index (κ1) is 15.3. The highest BCUT2D eigenvalue weighted by molar-refractivity contribution is 5.76. The maximum absolute atomic E-state index is 11.7. The van der Waals surface area contributed by atoms with Gasteiger partial charge in [-0.05, 0) is 37.7 Å². The van der Waals surface area contributed by atoms with Gasteiger partial charge in [0.2, 0.25) is 0 Å². The predicted octanol–water partition coefficient (Wildman–Crippen LogP) is 1.62. The zero-order chi connectivity index (χ0) is 14.1. The monoisotopic (exact) mass is 267 g/mol. The van der Waals surface area contributed by atoms with E-state index in [2.05, 4.69) is 5.32 Å². The molecule has 1 aromatic carbocycles. The van der Waals surface area contributed by atoms with E-state index in [1.54, 1.807) is 26.2 Å². The van der Waals surface area contributed by atoms with Gasteiger partial charge in [-0.1, -0.05) is 6.92 Å². The molecular weight excluding hydrogens is 246 g/mol. The van der Waals surface area contributed by atoms with Gasteiger partial charge in [0.1, 0.15) is 24.1 Å². The Morgan fingerprint density at radius 2 is 1.84 bits per heavy atom. The van der Waals surface area contributed by atoms with Crippen LogP contribution in [-0.2, 0) is 9.53 Å². The SMILES string of the molecule is CCNC(COc1ccc(OC)cc1)C(=O)OCC. The molecule has 0 aliphatic carbocycles. The van der Waals surface area contributed by atoms with Crippen LogP contribution >= 0.6 is 0 Å². The second-order valence-corrected chi connectivity index (χ2v) is 3.85. The van der Waals surface area contributed by atoms with Crippen LogP contribution in [0, 0.1) is 0 Å². The number of likely N-dealkylation sites (N-methyl/N-ethyl adjacent to an activating group) is 1. The van der Waals surface area contributed by atoms with Crippen molar-refractivity contribution in [1.82, 2.24) is 5.32 Å². The number of methoxy groups -OCH3 is 1. The topological polar surface area (TPSA) is 56.8 Å². The van der Waals surface area contributed by atoms with Crippen LogP contribution in [0.5, 0.6) is 11.5 Å². The Balaban J connectivity index is 2.52. The third-order valence-electron chi connectivity index (χ3n) is 2.50. The van der Waals surface area contributed by atoms with Gasteiger partial charge in [0.05, 0.1) is 13.7 Å². The Bertz CT molecular complexity index is 378. The second-order valence-electron chi connectivity index (χ2n) is 3.85. The van der Waals surface area contributed by atoms with Crippen LogP contribution in [0.2, 0.25) is 0 Å². The number of esters is 1. The fourth-order valence-electron chi connectivity index (χ4n) is 1.55. The first-order valence-electron chi connectivity index (χ1n) is 6.38. The summed E-state index contributed by atoms with van der Waals surface area (Å²) in [6.07, 6.45) is 0. The van der Waals surface area contributed by atoms with Gasteiger partial charge in [0.15, 0.2) is 0 Å². The van der Waals surface area contributed by atoms with Crippen molar-refractivity contribution in [2.75, 3.05) is 26.9 Å². The van der Waals surface area contributed by atoms with Crippen molar-refractivity contribution in [2.45, 2.75) is 19.9 Å². The molecule has 0 saturated carbocycles. The Kier molecular flexibility index (Phi) is 6.74. The quantitative estimate of drug-likeness (QED) is 0.725. The molecule has 0 spiro atoms. The maximum atomic E-state index is 11.7. The first-order chi connectivity index (χ1) is 9.21. The second kappa shape index (κ2) is 8.37. The van der Waals surface area contributed by atoms with Crippen LogP contribution < -0.4 is 14.8 Å². The van der Waals surface area contributed by atoms with Crippen molar-refractivity contribution >= 4 is 5.97 Å². The van der Waals surface area contributed by atoms with Crippen molar-refractivity contribution in [1.29, 1.82) is 0 Å². The molecule has 5 heteroatoms. The molecule has 1 unspecified atom stereocenters. The van der Waals surface area contributed by atoms with Gasteiger partial charge in [-0.3, -0.25) is 4.79 Å². The summed E-state index contributed by atoms with van der Waals surface area (Å²) < 4.78 is 15.6. The van der Waals surface area contributed by atoms with E-state index in [1.807, 2.05) is 19.1 Å². The molecule has 0 radical (unpaired) electrons. The summed E-state index contributed by atoms with van der Waals surface area (Å²) in [6.45, 7) is 4.99. The molecular formula is C14H21NO4. The molecule has 19 heavy (non-hydrogen) atoms. The van der Waals surface area contributed by atoms with E-state index in [0.717, 1.165) is 5.75 Å². The van der Waals surface area contributed by atoms with Gasteiger partial charge in [0, 0.05) is 0 Å². The molecule has 0 saturated heterocycles. The molecule has 0 amide bonds. The van der Waals surface area contributed by atoms with Gasteiger partial charge in [-0.25, -0.2) is 0 Å². The maximum Gasteiger partial charge on any atom is 0.326 e. The van der Waals surface area contributed by atoms with Gasteiger partial charge in [-0.15, -0.1) is 0 Å². The average Bonchev–Trinajstić information content (AvgIpc) is 2.44. The summed E-state index contributed by atoms with van der Waals surface area (Å²) in [5.74, 6) is 1.16. The Morgan fingerprint density at radius 1 is 1.21 bits per heavy atom. The lowest BCUT2D eigenvalue weighted by Crippen LogP contribution is -2.42. The molecule has 1 atom stereocenters. The highest BCUT2D eigenvalue weighted by atomic mass is 16.5. The predicted molar refractivity (Wildman–Crippen MR) is 72.6 cm³/mol. The molecule has 0 fully saturated rings. The van der Waals surface area contributed by atoms with Crippen LogP contribution in [0.25, 0.3) is 0 Å². The van der Waals surface area contributed by atoms with Crippen LogP contribution in [0.4, 0.5) is 0 Å². The summed E-state index contributed by atoms with van der Waals surface area (Å²) in [5.41, 5.74) is 0. The smallest absolute Gasteiger partial charge is 0.326 e. The molecule has 5 nitrogen and oxygen atoms in total. The standard InChI is InChI=1S/C14H21NO4/c1-4-15-13(14(16)18-5-2)10-19-12-8-6-11(17-3)7-9-12/h6-9,13,15H,4-5,10H2,1-3H3. The van der Waals surface area contributed by atoms with E-state index in [1.165, 1.54) is 0 Å². The number of nitrogens with one attached hydrogen (secondary N) is 1. The first-order valence-corrected chi connectivity index (χ1v) is 6.38. The number of ether oxygens (including phenoxy) is 3. The lowest BCUT2D eigenvalue weighted by Gasteiger charge is -2.17. The summed E-state index contributed by atoms with van der Waals surface area (Å²) in [7, 11) is 1.61. The molecule has 106 valence electrons. The average molecular weight is 267 g/mol. The van der Waals surface area contributed by atoms with E-state index < -0.39 is 6.04 Å². The molecule has 0 aliphatic rings. The summed E-state index contributed by atoms with van der Waals surface area (Å²) in [6, 6.07) is 6.76. The highest BCUT2D eigenvalue weighted by Gasteiger charge is 2.19. The molecule has 1 rings (SSSR count). The van der Waals surface area contributed by atoms with Crippen LogP contribution in [0.15, 0.2) is 24.3 Å². The van der Waals surface area contributed by atoms with Gasteiger partial charge in [-0.2, -0.15) is 0 Å². The normalized spacial score (nSPS) is 11.7. The largest absolute Gasteiger partial charge is 0.497 e. The van der Waals surface area contributed by atoms with Crippen molar-refractivity contribution < 1.29 is 19.0 Å². The summed E-state index contributed by atoms with van der Waals surface area (Å²) >= 11 is 0. The minimum atomic E-state index is -0.452. The minimum Gasteiger partial charge on any atom is -0.497 e. The van der Waals surface area contributed by atoms with Crippen molar-refractivity contribution in [3.63, 3.8) is 0 Å². The van der Waals surface area contributed by atoms with Gasteiger partial charge in [0.25, 0.3) is 0 Å². The van der Waals surface area contributed by atoms with Crippen molar-refractivity contribution in [3.8, 4) is 11.5 Å². The number of rotatable bonds is 8. The van der Waals surface area contributed by atoms with Gasteiger partial charge >= 0.3 is 5.97 Å². The van der Waals surface area contributed by atoms with E-state index in [0.29, 0.717) is 18.9 Å². The fourth-order valence-corrected chi connectivity index (χ4v) is 1.55. The molecule has 0 aromatic heterocycles. The number of benzene rings is 1. The third-order valence-corrected chi connectivity index (χ3v) is 2.50. The number of hydrogen-bond acceptors (Lipinski definition) is 5. The molecule has 1 N–H and O–H groups in total.